The Morgan fingerprint density at radius 2 is 1.91 bits per heavy atom. The van der Waals surface area contributed by atoms with Gasteiger partial charge in [0.05, 0.1) is 29.8 Å². The van der Waals surface area contributed by atoms with Crippen LogP contribution in [0.2, 0.25) is 0 Å². The van der Waals surface area contributed by atoms with Crippen molar-refractivity contribution >= 4 is 55.3 Å². The summed E-state index contributed by atoms with van der Waals surface area (Å²) < 4.78 is 33.7. The number of rotatable bonds is 6. The van der Waals surface area contributed by atoms with E-state index in [1.54, 1.807) is 20.8 Å². The monoisotopic (exact) mass is 755 g/mol. The molecule has 2 amide bonds. The average molecular weight is 756 g/mol. The Balaban J connectivity index is 1.18. The summed E-state index contributed by atoms with van der Waals surface area (Å²) in [5.74, 6) is 0.701. The first-order valence-electron chi connectivity index (χ1n) is 18.6. The highest BCUT2D eigenvalue weighted by atomic mass is 32.1. The van der Waals surface area contributed by atoms with Crippen molar-refractivity contribution in [2.45, 2.75) is 95.5 Å². The lowest BCUT2D eigenvalue weighted by molar-refractivity contribution is 0.0636. The molecule has 9 rings (SSSR count). The first kappa shape index (κ1) is 35.0. The minimum Gasteiger partial charge on any atom is -0.465 e. The van der Waals surface area contributed by atoms with E-state index in [4.69, 9.17) is 24.2 Å². The summed E-state index contributed by atoms with van der Waals surface area (Å²) in [6.45, 7) is 8.28. The molecule has 13 nitrogen and oxygen atoms in total. The van der Waals surface area contributed by atoms with Gasteiger partial charge in [0, 0.05) is 53.6 Å². The van der Waals surface area contributed by atoms with Crippen LogP contribution in [0.4, 0.5) is 24.8 Å². The molecule has 0 saturated carbocycles. The van der Waals surface area contributed by atoms with Crippen LogP contribution in [0.15, 0.2) is 24.3 Å². The third-order valence-corrected chi connectivity index (χ3v) is 12.7. The number of carboxylic acid groups (broad SMARTS) is 1. The number of nitriles is 1. The van der Waals surface area contributed by atoms with E-state index in [1.807, 2.05) is 24.3 Å². The Morgan fingerprint density at radius 1 is 1.13 bits per heavy atom. The molecular weight excluding hydrogens is 714 g/mol. The number of benzene rings is 2. The molecule has 0 spiro atoms. The third-order valence-electron chi connectivity index (χ3n) is 11.6. The van der Waals surface area contributed by atoms with Gasteiger partial charge in [-0.25, -0.2) is 14.0 Å². The van der Waals surface area contributed by atoms with E-state index in [0.717, 1.165) is 64.6 Å². The van der Waals surface area contributed by atoms with Crippen LogP contribution in [-0.4, -0.2) is 99.2 Å². The summed E-state index contributed by atoms with van der Waals surface area (Å²) in [6.07, 6.45) is 1.46. The molecule has 4 saturated heterocycles. The van der Waals surface area contributed by atoms with Crippen molar-refractivity contribution in [2.75, 3.05) is 43.0 Å². The van der Waals surface area contributed by atoms with Crippen LogP contribution in [0.25, 0.3) is 32.1 Å². The van der Waals surface area contributed by atoms with Gasteiger partial charge in [-0.3, -0.25) is 10.2 Å². The van der Waals surface area contributed by atoms with Gasteiger partial charge in [-0.05, 0) is 87.4 Å². The number of amides is 2. The van der Waals surface area contributed by atoms with Crippen LogP contribution in [0.3, 0.4) is 0 Å². The number of thiophene rings is 1. The van der Waals surface area contributed by atoms with Crippen molar-refractivity contribution in [2.24, 2.45) is 0 Å². The molecular formula is C39H42FN7O6S. The number of fused-ring (bicyclic) bond motifs is 7. The number of nitrogens with one attached hydrogen (secondary N) is 1. The molecule has 15 heteroatoms. The van der Waals surface area contributed by atoms with E-state index < -0.39 is 29.5 Å². The van der Waals surface area contributed by atoms with Crippen molar-refractivity contribution in [3.63, 3.8) is 0 Å². The van der Waals surface area contributed by atoms with Crippen LogP contribution in [0.5, 0.6) is 6.01 Å². The van der Waals surface area contributed by atoms with E-state index in [-0.39, 0.29) is 24.7 Å². The summed E-state index contributed by atoms with van der Waals surface area (Å²) in [5.41, 5.74) is 3.44. The molecule has 4 fully saturated rings. The van der Waals surface area contributed by atoms with Crippen molar-refractivity contribution in [1.29, 1.82) is 5.26 Å². The van der Waals surface area contributed by atoms with Gasteiger partial charge in [0.2, 0.25) is 0 Å². The van der Waals surface area contributed by atoms with Crippen LogP contribution in [-0.2, 0) is 22.7 Å². The molecule has 54 heavy (non-hydrogen) atoms. The van der Waals surface area contributed by atoms with Crippen LogP contribution >= 0.6 is 11.3 Å². The minimum absolute atomic E-state index is 0.0665. The fraction of sp³-hybridized carbons (Fsp3) is 0.513. The number of halogens is 1. The number of alkyl halides is 1. The molecule has 2 unspecified atom stereocenters. The van der Waals surface area contributed by atoms with Gasteiger partial charge < -0.3 is 29.1 Å². The van der Waals surface area contributed by atoms with Gasteiger partial charge in [0.1, 0.15) is 35.3 Å². The molecule has 5 aliphatic rings. The number of anilines is 2. The van der Waals surface area contributed by atoms with Gasteiger partial charge in [-0.2, -0.15) is 15.2 Å². The van der Waals surface area contributed by atoms with Gasteiger partial charge in [-0.15, -0.1) is 11.3 Å². The Morgan fingerprint density at radius 3 is 2.65 bits per heavy atom. The molecule has 2 bridgehead atoms. The number of piperazine rings is 1. The van der Waals surface area contributed by atoms with Crippen LogP contribution in [0, 0.1) is 11.3 Å². The standard InChI is InChI=1S/C39H42FN7O6S/c1-38(2,3)53-36(48)44-34-26(14-41)31-24(6-4-7-30(31)54-34)25-12-29-32(28-19-51-18-27(25)28)33(47-22-8-9-23(47)17-45(16-22)37(49)50)43-35(42-29)52-20-39-10-5-11-46(39)15-21(40)13-39/h4,6-7,12,21-23H,5,8-11,13,15-20H2,1-3H3,(H,44,48)(H,49,50)/t21-,22?,23?,39+/m1/s1. The predicted octanol–water partition coefficient (Wildman–Crippen LogP) is 7.05. The van der Waals surface area contributed by atoms with Gasteiger partial charge in [-0.1, -0.05) is 12.1 Å². The highest BCUT2D eigenvalue weighted by Gasteiger charge is 2.50. The zero-order valence-electron chi connectivity index (χ0n) is 30.5. The fourth-order valence-corrected chi connectivity index (χ4v) is 10.5. The van der Waals surface area contributed by atoms with Crippen LogP contribution < -0.4 is 15.0 Å². The normalized spacial score (nSPS) is 24.9. The molecule has 2 aromatic heterocycles. The number of carbonyl (C=O) groups excluding carboxylic acids is 1. The summed E-state index contributed by atoms with van der Waals surface area (Å²) in [7, 11) is 0. The van der Waals surface area contributed by atoms with Gasteiger partial charge in [0.25, 0.3) is 0 Å². The van der Waals surface area contributed by atoms with Gasteiger partial charge in [0.15, 0.2) is 0 Å². The zero-order valence-corrected chi connectivity index (χ0v) is 31.3. The minimum atomic E-state index is -0.922. The maximum absolute atomic E-state index is 14.7. The summed E-state index contributed by atoms with van der Waals surface area (Å²) in [6, 6.07) is 10.2. The van der Waals surface area contributed by atoms with E-state index >= 15 is 0 Å². The van der Waals surface area contributed by atoms with Gasteiger partial charge >= 0.3 is 18.2 Å². The molecule has 2 N–H and O–H groups in total. The lowest BCUT2D eigenvalue weighted by atomic mass is 9.91. The second-order valence-electron chi connectivity index (χ2n) is 16.2. The molecule has 0 aliphatic carbocycles. The molecule has 282 valence electrons. The number of aromatic nitrogens is 2. The Kier molecular flexibility index (Phi) is 8.36. The molecule has 4 atom stereocenters. The fourth-order valence-electron chi connectivity index (χ4n) is 9.46. The Hall–Kier alpha value is -4.78. The molecule has 2 aromatic carbocycles. The Bertz CT molecular complexity index is 2240. The highest BCUT2D eigenvalue weighted by Crippen LogP contribution is 2.48. The second kappa shape index (κ2) is 12.9. The second-order valence-corrected chi connectivity index (χ2v) is 17.2. The number of carbonyl (C=O) groups is 2. The van der Waals surface area contributed by atoms with Crippen molar-refractivity contribution < 1.29 is 33.3 Å². The quantitative estimate of drug-likeness (QED) is 0.208. The number of nitrogens with zero attached hydrogens (tertiary/aromatic N) is 6. The SMILES string of the molecule is CC(C)(C)OC(=O)Nc1sc2cccc(-c3cc4nc(OC[C@@]56CCCN5C[C@H](F)C6)nc(N5C6CCC5CN(C(=O)O)C6)c4c4c3COC4)c2c1C#N. The van der Waals surface area contributed by atoms with Crippen molar-refractivity contribution in [3.05, 3.63) is 41.0 Å². The smallest absolute Gasteiger partial charge is 0.412 e. The maximum atomic E-state index is 14.7. The number of hydrogen-bond donors (Lipinski definition) is 2. The molecule has 7 heterocycles. The predicted molar refractivity (Wildman–Crippen MR) is 201 cm³/mol. The number of likely N-dealkylation sites (tertiary alicyclic amines) is 1. The Labute approximate surface area is 315 Å². The molecule has 4 aromatic rings. The summed E-state index contributed by atoms with van der Waals surface area (Å²) in [4.78, 5) is 41.0. The van der Waals surface area contributed by atoms with E-state index in [2.05, 4.69) is 21.2 Å². The number of ether oxygens (including phenoxy) is 3. The zero-order chi connectivity index (χ0) is 37.5. The molecule has 5 aliphatic heterocycles. The number of hydrogen-bond acceptors (Lipinski definition) is 11. The summed E-state index contributed by atoms with van der Waals surface area (Å²) >= 11 is 1.31. The maximum Gasteiger partial charge on any atom is 0.412 e. The first-order valence-corrected chi connectivity index (χ1v) is 19.4. The van der Waals surface area contributed by atoms with Crippen molar-refractivity contribution in [3.8, 4) is 23.2 Å². The highest BCUT2D eigenvalue weighted by molar-refractivity contribution is 7.23. The van der Waals surface area contributed by atoms with E-state index in [0.29, 0.717) is 66.6 Å². The van der Waals surface area contributed by atoms with Crippen LogP contribution in [0.1, 0.15) is 69.6 Å². The topological polar surface area (TPSA) is 153 Å². The third kappa shape index (κ3) is 5.86. The van der Waals surface area contributed by atoms with Crippen molar-refractivity contribution in [1.82, 2.24) is 19.8 Å². The van der Waals surface area contributed by atoms with E-state index in [9.17, 15) is 24.3 Å². The lowest BCUT2D eigenvalue weighted by Gasteiger charge is -2.41. The lowest BCUT2D eigenvalue weighted by Crippen LogP contribution is -2.55. The average Bonchev–Trinajstić information content (AvgIpc) is 3.93. The first-order chi connectivity index (χ1) is 25.9. The summed E-state index contributed by atoms with van der Waals surface area (Å²) in [5, 5.41) is 25.1. The van der Waals surface area contributed by atoms with E-state index in [1.165, 1.54) is 16.2 Å². The largest absolute Gasteiger partial charge is 0.465 e. The molecule has 0 radical (unpaired) electrons.